The highest BCUT2D eigenvalue weighted by Crippen LogP contribution is 2.45. The predicted octanol–water partition coefficient (Wildman–Crippen LogP) is 16.3. The van der Waals surface area contributed by atoms with Crippen molar-refractivity contribution >= 4 is 44.1 Å². The number of aromatic nitrogens is 8. The third-order valence-corrected chi connectivity index (χ3v) is 15.6. The summed E-state index contributed by atoms with van der Waals surface area (Å²) in [4.78, 5) is 39.5. The minimum Gasteiger partial charge on any atom is -0.485 e. The maximum atomic E-state index is 6.74. The van der Waals surface area contributed by atoms with Gasteiger partial charge in [0.2, 0.25) is 0 Å². The summed E-state index contributed by atoms with van der Waals surface area (Å²) >= 11 is 0. The van der Waals surface area contributed by atoms with Crippen LogP contribution in [0.1, 0.15) is 38.9 Å². The Morgan fingerprint density at radius 3 is 0.778 bits per heavy atom. The highest BCUT2D eigenvalue weighted by atomic mass is 16.5. The molecule has 3 aromatic heterocycles. The molecule has 0 atom stereocenters. The van der Waals surface area contributed by atoms with Crippen LogP contribution in [0, 0.1) is 12.3 Å². The Kier molecular flexibility index (Phi) is 14.8. The second kappa shape index (κ2) is 24.4. The fraction of sp³-hybridized carbons (Fsp3) is 0.0789. The average Bonchev–Trinajstić information content (AvgIpc) is 1.88. The first-order chi connectivity index (χ1) is 44.5. The van der Waals surface area contributed by atoms with Gasteiger partial charge in [-0.1, -0.05) is 188 Å². The van der Waals surface area contributed by atoms with E-state index in [4.69, 9.17) is 64.7 Å². The van der Waals surface area contributed by atoms with Crippen molar-refractivity contribution in [2.24, 2.45) is 0 Å². The number of ether oxygens (including phenoxy) is 6. The van der Waals surface area contributed by atoms with Crippen molar-refractivity contribution < 1.29 is 28.4 Å². The summed E-state index contributed by atoms with van der Waals surface area (Å²) in [5.74, 6) is 7.20. The molecule has 0 unspecified atom stereocenters. The van der Waals surface area contributed by atoms with E-state index in [-0.39, 0.29) is 39.6 Å². The second-order valence-electron chi connectivity index (χ2n) is 21.7. The number of nitrogens with zero attached hydrogens (tertiary/aromatic N) is 6. The summed E-state index contributed by atoms with van der Waals surface area (Å²) in [5, 5.41) is 2.70. The molecule has 0 amide bonds. The van der Waals surface area contributed by atoms with Crippen LogP contribution >= 0.6 is 0 Å². The molecule has 0 saturated heterocycles. The molecule has 434 valence electrons. The Morgan fingerprint density at radius 2 is 0.511 bits per heavy atom. The fourth-order valence-corrected chi connectivity index (χ4v) is 11.0. The first-order valence-corrected chi connectivity index (χ1v) is 29.5. The highest BCUT2D eigenvalue weighted by Gasteiger charge is 2.27. The van der Waals surface area contributed by atoms with E-state index in [1.54, 1.807) is 0 Å². The Hall–Kier alpha value is -12.1. The maximum Gasteiger partial charge on any atom is 0.164 e. The van der Waals surface area contributed by atoms with Crippen LogP contribution in [-0.2, 0) is 39.6 Å². The van der Waals surface area contributed by atoms with E-state index in [1.807, 2.05) is 237 Å². The molecule has 90 heavy (non-hydrogen) atoms. The molecule has 13 aromatic rings. The number of terminal acetylenes is 1. The molecule has 0 radical (unpaired) electrons. The predicted molar refractivity (Wildman–Crippen MR) is 349 cm³/mol. The lowest BCUT2D eigenvalue weighted by Gasteiger charge is -2.15. The van der Waals surface area contributed by atoms with E-state index in [2.05, 4.69) is 15.9 Å². The van der Waals surface area contributed by atoms with Crippen molar-refractivity contribution in [1.82, 2.24) is 39.9 Å². The summed E-state index contributed by atoms with van der Waals surface area (Å²) in [5.41, 5.74) is 11.0. The van der Waals surface area contributed by atoms with E-state index in [0.29, 0.717) is 130 Å². The smallest absolute Gasteiger partial charge is 0.164 e. The molecule has 0 fully saturated rings. The topological polar surface area (TPSA) is 164 Å². The van der Waals surface area contributed by atoms with Crippen LogP contribution < -0.4 is 28.4 Å². The maximum absolute atomic E-state index is 6.74. The van der Waals surface area contributed by atoms with Gasteiger partial charge in [-0.2, -0.15) is 0 Å². The summed E-state index contributed by atoms with van der Waals surface area (Å²) in [6.45, 7) is 1.62. The molecule has 8 bridgehead atoms. The number of rotatable bonds is 18. The van der Waals surface area contributed by atoms with Gasteiger partial charge in [-0.05, 0) is 88.0 Å². The number of nitrogens with one attached hydrogen (secondary N) is 2. The van der Waals surface area contributed by atoms with Crippen LogP contribution in [-0.4, -0.2) is 39.9 Å². The summed E-state index contributed by atoms with van der Waals surface area (Å²) in [7, 11) is 0. The van der Waals surface area contributed by atoms with Crippen molar-refractivity contribution in [3.05, 3.63) is 276 Å². The minimum absolute atomic E-state index is 0.264. The van der Waals surface area contributed by atoms with Crippen LogP contribution in [0.2, 0.25) is 0 Å². The first kappa shape index (κ1) is 54.6. The Labute approximate surface area is 517 Å². The van der Waals surface area contributed by atoms with Crippen LogP contribution in [0.5, 0.6) is 34.5 Å². The van der Waals surface area contributed by atoms with Gasteiger partial charge in [0, 0.05) is 49.4 Å². The molecule has 2 N–H and O–H groups in total. The van der Waals surface area contributed by atoms with Crippen LogP contribution in [0.15, 0.2) is 237 Å². The van der Waals surface area contributed by atoms with E-state index >= 15 is 0 Å². The van der Waals surface area contributed by atoms with Gasteiger partial charge in [-0.3, -0.25) is 0 Å². The summed E-state index contributed by atoms with van der Waals surface area (Å²) < 4.78 is 40.3. The standard InChI is InChI=1S/C76H54N8O6/c1-2-48-33-34-55-56(35-48)70-77-69(55)78-71-57-36-63(85-42-49-21-9-3-10-22-49)64(86-43-50-23-11-4-12-24-50)37-58(57)73(80-71)82-75-61-40-67(89-46-53-29-17-7-18-30-53)68(90-47-54-31-19-8-20-32-54)41-62(61)76(84-75)83-74-60-39-66(88-45-52-27-15-6-16-28-52)65(38-59(60)72(79-70)81-74)87-44-51-25-13-5-14-26-51/h1,3-41H,42-47H2,(H2,77,78,79,80,81,82,83,84). The zero-order valence-electron chi connectivity index (χ0n) is 48.5. The van der Waals surface area contributed by atoms with Gasteiger partial charge < -0.3 is 38.4 Å². The van der Waals surface area contributed by atoms with Crippen molar-refractivity contribution in [3.63, 3.8) is 0 Å². The molecule has 14 nitrogen and oxygen atoms in total. The second-order valence-corrected chi connectivity index (χ2v) is 21.7. The SMILES string of the molecule is C#Cc1ccc2c(c1)-c1nc-2nc2[nH]c(nc3nc(nc4[nH]c(n1)c1cc(OCc5ccccc5)c(OCc5ccccc5)cc41)-c1cc(OCc4ccccc4)c(OCc4ccccc4)cc1-3)c1cc(OCc3ccccc3)c(OCc3ccccc3)cc21. The van der Waals surface area contributed by atoms with Gasteiger partial charge in [-0.15, -0.1) is 6.42 Å². The molecule has 5 heterocycles. The van der Waals surface area contributed by atoms with Gasteiger partial charge in [0.1, 0.15) is 62.2 Å². The van der Waals surface area contributed by atoms with Crippen molar-refractivity contribution in [2.75, 3.05) is 0 Å². The minimum atomic E-state index is 0.264. The number of hydrogen-bond donors (Lipinski definition) is 2. The van der Waals surface area contributed by atoms with Gasteiger partial charge in [-0.25, -0.2) is 29.9 Å². The third-order valence-electron chi connectivity index (χ3n) is 15.6. The first-order valence-electron chi connectivity index (χ1n) is 29.5. The Balaban J connectivity index is 1.00. The molecule has 14 heteroatoms. The quantitative estimate of drug-likeness (QED) is 0.0783. The molecule has 15 rings (SSSR count). The zero-order chi connectivity index (χ0) is 60.2. The largest absolute Gasteiger partial charge is 0.485 e. The monoisotopic (exact) mass is 1170 g/mol. The number of hydrogen-bond acceptors (Lipinski definition) is 12. The van der Waals surface area contributed by atoms with Crippen molar-refractivity contribution in [3.8, 4) is 92.4 Å². The van der Waals surface area contributed by atoms with Gasteiger partial charge in [0.05, 0.1) is 0 Å². The van der Waals surface area contributed by atoms with E-state index in [1.165, 1.54) is 0 Å². The molecule has 2 aliphatic heterocycles. The Bertz CT molecular complexity index is 5030. The molecule has 2 aliphatic rings. The van der Waals surface area contributed by atoms with Crippen LogP contribution in [0.25, 0.3) is 89.7 Å². The van der Waals surface area contributed by atoms with Gasteiger partial charge in [0.25, 0.3) is 0 Å². The highest BCUT2D eigenvalue weighted by molar-refractivity contribution is 6.08. The van der Waals surface area contributed by atoms with E-state index in [0.717, 1.165) is 33.4 Å². The Morgan fingerprint density at radius 1 is 0.267 bits per heavy atom. The lowest BCUT2D eigenvalue weighted by Crippen LogP contribution is -2.01. The van der Waals surface area contributed by atoms with Crippen molar-refractivity contribution in [2.45, 2.75) is 39.6 Å². The normalized spacial score (nSPS) is 11.4. The lowest BCUT2D eigenvalue weighted by molar-refractivity contribution is 0.256. The lowest BCUT2D eigenvalue weighted by atomic mass is 10.1. The molecular weight excluding hydrogens is 1120 g/mol. The van der Waals surface area contributed by atoms with Crippen LogP contribution in [0.4, 0.5) is 0 Å². The molecule has 0 spiro atoms. The zero-order valence-corrected chi connectivity index (χ0v) is 48.5. The fourth-order valence-electron chi connectivity index (χ4n) is 11.0. The summed E-state index contributed by atoms with van der Waals surface area (Å²) in [6, 6.07) is 77.4. The van der Waals surface area contributed by atoms with E-state index < -0.39 is 0 Å². The molecular formula is C76H54N8O6. The number of benzene rings is 10. The number of fused-ring (bicyclic) bond motifs is 20. The number of H-pyrrole nitrogens is 2. The van der Waals surface area contributed by atoms with Gasteiger partial charge in [0.15, 0.2) is 57.8 Å². The molecule has 10 aromatic carbocycles. The average molecular weight is 1180 g/mol. The van der Waals surface area contributed by atoms with Crippen molar-refractivity contribution in [1.29, 1.82) is 0 Å². The van der Waals surface area contributed by atoms with E-state index in [9.17, 15) is 0 Å². The summed E-state index contributed by atoms with van der Waals surface area (Å²) in [6.07, 6.45) is 6.11. The molecule has 0 aliphatic carbocycles. The number of aromatic amines is 2. The molecule has 0 saturated carbocycles. The third kappa shape index (κ3) is 11.4. The van der Waals surface area contributed by atoms with Crippen LogP contribution in [0.3, 0.4) is 0 Å². The van der Waals surface area contributed by atoms with Gasteiger partial charge >= 0.3 is 0 Å².